The first-order valence-electron chi connectivity index (χ1n) is 4.55. The minimum absolute atomic E-state index is 0.00350. The molecular weight excluding hydrogens is 170 g/mol. The largest absolute Gasteiger partial charge is 0.481 e. The molecule has 2 rings (SSSR count). The van der Waals surface area contributed by atoms with E-state index in [0.717, 1.165) is 12.8 Å². The minimum Gasteiger partial charge on any atom is -0.481 e. The number of nitrogens with one attached hydrogen (secondary N) is 1. The number of amides is 1. The van der Waals surface area contributed by atoms with Crippen LogP contribution >= 0.6 is 0 Å². The summed E-state index contributed by atoms with van der Waals surface area (Å²) in [6, 6.07) is 0. The summed E-state index contributed by atoms with van der Waals surface area (Å²) < 4.78 is 0. The lowest BCUT2D eigenvalue weighted by atomic mass is 9.73. The van der Waals surface area contributed by atoms with Crippen LogP contribution in [0.25, 0.3) is 0 Å². The summed E-state index contributed by atoms with van der Waals surface area (Å²) in [5.74, 6) is -0.791. The maximum Gasteiger partial charge on any atom is 0.311 e. The summed E-state index contributed by atoms with van der Waals surface area (Å²) in [4.78, 5) is 22.2. The van der Waals surface area contributed by atoms with Gasteiger partial charge in [-0.05, 0) is 26.2 Å². The Hall–Kier alpha value is -1.06. The fraction of sp³-hybridized carbons (Fsp3) is 0.778. The molecule has 0 radical (unpaired) electrons. The normalized spacial score (nSPS) is 35.6. The van der Waals surface area contributed by atoms with E-state index in [-0.39, 0.29) is 5.91 Å². The quantitative estimate of drug-likeness (QED) is 0.622. The van der Waals surface area contributed by atoms with E-state index in [0.29, 0.717) is 12.8 Å². The van der Waals surface area contributed by atoms with E-state index in [9.17, 15) is 9.59 Å². The minimum atomic E-state index is -0.787. The number of carboxylic acid groups (broad SMARTS) is 1. The molecule has 1 unspecified atom stereocenters. The van der Waals surface area contributed by atoms with Crippen LogP contribution in [-0.2, 0) is 9.59 Å². The highest BCUT2D eigenvalue weighted by Crippen LogP contribution is 2.54. The highest BCUT2D eigenvalue weighted by molar-refractivity contribution is 5.85. The zero-order valence-corrected chi connectivity index (χ0v) is 7.59. The van der Waals surface area contributed by atoms with E-state index in [4.69, 9.17) is 5.11 Å². The second kappa shape index (κ2) is 2.25. The molecule has 1 spiro atoms. The van der Waals surface area contributed by atoms with Gasteiger partial charge < -0.3 is 10.4 Å². The summed E-state index contributed by atoms with van der Waals surface area (Å²) in [5.41, 5.74) is -1.17. The topological polar surface area (TPSA) is 66.4 Å². The van der Waals surface area contributed by atoms with Crippen LogP contribution in [-0.4, -0.2) is 22.5 Å². The predicted molar refractivity (Wildman–Crippen MR) is 45.1 cm³/mol. The predicted octanol–water partition coefficient (Wildman–Crippen LogP) is 0.520. The standard InChI is InChI=1S/C9H13NO3/c1-8(7(12)13)3-2-6(11)10-9(8)4-5-9/h2-5H2,1H3,(H,10,11)(H,12,13). The van der Waals surface area contributed by atoms with E-state index in [1.807, 2.05) is 0 Å². The average Bonchev–Trinajstić information content (AvgIpc) is 2.79. The molecule has 0 aromatic rings. The number of carbonyl (C=O) groups excluding carboxylic acids is 1. The van der Waals surface area contributed by atoms with Crippen molar-refractivity contribution in [3.05, 3.63) is 0 Å². The van der Waals surface area contributed by atoms with E-state index >= 15 is 0 Å². The summed E-state index contributed by atoms with van der Waals surface area (Å²) in [5, 5.41) is 11.9. The Morgan fingerprint density at radius 1 is 1.46 bits per heavy atom. The molecule has 13 heavy (non-hydrogen) atoms. The van der Waals surface area contributed by atoms with E-state index in [2.05, 4.69) is 5.32 Å². The van der Waals surface area contributed by atoms with Gasteiger partial charge in [-0.2, -0.15) is 0 Å². The first-order chi connectivity index (χ1) is 6.00. The Balaban J connectivity index is 2.29. The van der Waals surface area contributed by atoms with Crippen molar-refractivity contribution >= 4 is 11.9 Å². The zero-order valence-electron chi connectivity index (χ0n) is 7.59. The number of hydrogen-bond acceptors (Lipinski definition) is 2. The van der Waals surface area contributed by atoms with Crippen LogP contribution < -0.4 is 5.32 Å². The van der Waals surface area contributed by atoms with Crippen molar-refractivity contribution in [1.29, 1.82) is 0 Å². The van der Waals surface area contributed by atoms with Gasteiger partial charge in [0.1, 0.15) is 0 Å². The van der Waals surface area contributed by atoms with Gasteiger partial charge in [-0.15, -0.1) is 0 Å². The number of aliphatic carboxylic acids is 1. The van der Waals surface area contributed by atoms with Crippen LogP contribution in [0.1, 0.15) is 32.6 Å². The van der Waals surface area contributed by atoms with Crippen molar-refractivity contribution in [2.45, 2.75) is 38.1 Å². The lowest BCUT2D eigenvalue weighted by molar-refractivity contribution is -0.154. The zero-order chi connectivity index (χ0) is 9.69. The van der Waals surface area contributed by atoms with Gasteiger partial charge in [0, 0.05) is 6.42 Å². The molecule has 1 heterocycles. The average molecular weight is 183 g/mol. The van der Waals surface area contributed by atoms with Crippen molar-refractivity contribution in [2.24, 2.45) is 5.41 Å². The molecule has 1 aliphatic heterocycles. The number of rotatable bonds is 1. The Labute approximate surface area is 76.3 Å². The maximum absolute atomic E-state index is 11.1. The first kappa shape index (κ1) is 8.53. The molecule has 0 aromatic carbocycles. The SMILES string of the molecule is CC1(C(=O)O)CCC(=O)NC12CC2. The van der Waals surface area contributed by atoms with Gasteiger partial charge in [-0.25, -0.2) is 0 Å². The van der Waals surface area contributed by atoms with Crippen LogP contribution in [0.5, 0.6) is 0 Å². The summed E-state index contributed by atoms with van der Waals surface area (Å²) in [7, 11) is 0. The van der Waals surface area contributed by atoms with Crippen LogP contribution in [0, 0.1) is 5.41 Å². The maximum atomic E-state index is 11.1. The Bertz CT molecular complexity index is 283. The van der Waals surface area contributed by atoms with Gasteiger partial charge in [-0.1, -0.05) is 0 Å². The Morgan fingerprint density at radius 2 is 2.08 bits per heavy atom. The van der Waals surface area contributed by atoms with Gasteiger partial charge in [-0.3, -0.25) is 9.59 Å². The second-order valence-corrected chi connectivity index (χ2v) is 4.27. The molecule has 4 nitrogen and oxygen atoms in total. The lowest BCUT2D eigenvalue weighted by Gasteiger charge is -2.38. The molecule has 2 fully saturated rings. The van der Waals surface area contributed by atoms with Crippen LogP contribution in [0.3, 0.4) is 0 Å². The molecule has 2 N–H and O–H groups in total. The van der Waals surface area contributed by atoms with E-state index in [1.54, 1.807) is 6.92 Å². The third-order valence-corrected chi connectivity index (χ3v) is 3.51. The summed E-state index contributed by atoms with van der Waals surface area (Å²) in [6.07, 6.45) is 2.42. The van der Waals surface area contributed by atoms with Crippen LogP contribution in [0.4, 0.5) is 0 Å². The van der Waals surface area contributed by atoms with Crippen molar-refractivity contribution < 1.29 is 14.7 Å². The number of hydrogen-bond donors (Lipinski definition) is 2. The van der Waals surface area contributed by atoms with Crippen molar-refractivity contribution in [3.63, 3.8) is 0 Å². The highest BCUT2D eigenvalue weighted by Gasteiger charge is 2.63. The molecule has 72 valence electrons. The van der Waals surface area contributed by atoms with E-state index < -0.39 is 16.9 Å². The molecule has 1 aliphatic carbocycles. The van der Waals surface area contributed by atoms with Gasteiger partial charge >= 0.3 is 5.97 Å². The smallest absolute Gasteiger partial charge is 0.311 e. The fourth-order valence-corrected chi connectivity index (χ4v) is 2.18. The van der Waals surface area contributed by atoms with Crippen molar-refractivity contribution in [2.75, 3.05) is 0 Å². The van der Waals surface area contributed by atoms with Gasteiger partial charge in [0.15, 0.2) is 0 Å². The molecule has 2 aliphatic rings. The molecule has 0 bridgehead atoms. The molecule has 1 atom stereocenters. The van der Waals surface area contributed by atoms with Gasteiger partial charge in [0.05, 0.1) is 11.0 Å². The van der Waals surface area contributed by atoms with Crippen molar-refractivity contribution in [1.82, 2.24) is 5.32 Å². The third-order valence-electron chi connectivity index (χ3n) is 3.51. The van der Waals surface area contributed by atoms with Crippen LogP contribution in [0.15, 0.2) is 0 Å². The second-order valence-electron chi connectivity index (χ2n) is 4.27. The Kier molecular flexibility index (Phi) is 1.47. The van der Waals surface area contributed by atoms with Gasteiger partial charge in [0.2, 0.25) is 5.91 Å². The Morgan fingerprint density at radius 3 is 2.54 bits per heavy atom. The summed E-state index contributed by atoms with van der Waals surface area (Å²) in [6.45, 7) is 1.74. The third kappa shape index (κ3) is 0.975. The molecule has 1 amide bonds. The first-order valence-corrected chi connectivity index (χ1v) is 4.55. The summed E-state index contributed by atoms with van der Waals surface area (Å²) >= 11 is 0. The highest BCUT2D eigenvalue weighted by atomic mass is 16.4. The molecule has 4 heteroatoms. The van der Waals surface area contributed by atoms with Crippen molar-refractivity contribution in [3.8, 4) is 0 Å². The van der Waals surface area contributed by atoms with Crippen LogP contribution in [0.2, 0.25) is 0 Å². The monoisotopic (exact) mass is 183 g/mol. The molecule has 1 saturated carbocycles. The van der Waals surface area contributed by atoms with Gasteiger partial charge in [0.25, 0.3) is 0 Å². The fourth-order valence-electron chi connectivity index (χ4n) is 2.18. The number of carbonyl (C=O) groups is 2. The van der Waals surface area contributed by atoms with E-state index in [1.165, 1.54) is 0 Å². The molecule has 1 saturated heterocycles. The number of carboxylic acids is 1. The lowest BCUT2D eigenvalue weighted by Crippen LogP contribution is -2.56. The number of piperidine rings is 1. The molecule has 0 aromatic heterocycles. The molecular formula is C9H13NO3.